The minimum atomic E-state index is -1.03. The summed E-state index contributed by atoms with van der Waals surface area (Å²) in [4.78, 5) is 24.8. The summed E-state index contributed by atoms with van der Waals surface area (Å²) >= 11 is 0. The van der Waals surface area contributed by atoms with Gasteiger partial charge in [-0.15, -0.1) is 0 Å². The van der Waals surface area contributed by atoms with E-state index in [4.69, 9.17) is 9.84 Å². The van der Waals surface area contributed by atoms with E-state index in [9.17, 15) is 9.59 Å². The average molecular weight is 265 g/mol. The van der Waals surface area contributed by atoms with Crippen LogP contribution in [0.25, 0.3) is 0 Å². The van der Waals surface area contributed by atoms with Gasteiger partial charge < -0.3 is 9.84 Å². The van der Waals surface area contributed by atoms with Gasteiger partial charge in [0.2, 0.25) is 6.10 Å². The van der Waals surface area contributed by atoms with Crippen LogP contribution in [0.5, 0.6) is 0 Å². The van der Waals surface area contributed by atoms with E-state index >= 15 is 0 Å². The van der Waals surface area contributed by atoms with E-state index in [2.05, 4.69) is 0 Å². The number of hydrogen-bond acceptors (Lipinski definition) is 3. The van der Waals surface area contributed by atoms with Gasteiger partial charge in [0.05, 0.1) is 6.54 Å². The number of hydrogen-bond donors (Lipinski definition) is 1. The van der Waals surface area contributed by atoms with Crippen molar-refractivity contribution in [2.24, 2.45) is 17.8 Å². The Hall–Kier alpha value is -1.26. The van der Waals surface area contributed by atoms with Crippen LogP contribution in [0.1, 0.15) is 38.5 Å². The lowest BCUT2D eigenvalue weighted by atomic mass is 9.52. The van der Waals surface area contributed by atoms with Crippen molar-refractivity contribution in [3.8, 4) is 0 Å². The molecular weight excluding hydrogens is 246 g/mol. The molecule has 5 fully saturated rings. The van der Waals surface area contributed by atoms with Gasteiger partial charge in [-0.25, -0.2) is 9.59 Å². The first-order chi connectivity index (χ1) is 9.06. The molecule has 0 spiro atoms. The molecule has 1 saturated heterocycles. The maximum absolute atomic E-state index is 12.0. The van der Waals surface area contributed by atoms with Crippen LogP contribution in [0.15, 0.2) is 0 Å². The van der Waals surface area contributed by atoms with Crippen LogP contribution in [-0.2, 0) is 9.53 Å². The summed E-state index contributed by atoms with van der Waals surface area (Å²) in [5.41, 5.74) is -0.0873. The van der Waals surface area contributed by atoms with E-state index in [-0.39, 0.29) is 12.1 Å². The van der Waals surface area contributed by atoms with Crippen LogP contribution in [0.3, 0.4) is 0 Å². The van der Waals surface area contributed by atoms with Crippen molar-refractivity contribution in [2.45, 2.75) is 50.2 Å². The van der Waals surface area contributed by atoms with Crippen molar-refractivity contribution >= 4 is 12.1 Å². The maximum Gasteiger partial charge on any atom is 0.411 e. The third-order valence-electron chi connectivity index (χ3n) is 5.67. The van der Waals surface area contributed by atoms with Crippen molar-refractivity contribution in [1.82, 2.24) is 4.90 Å². The molecule has 5 rings (SSSR count). The largest absolute Gasteiger partial charge is 0.478 e. The van der Waals surface area contributed by atoms with Gasteiger partial charge in [0.25, 0.3) is 0 Å². The van der Waals surface area contributed by atoms with Crippen LogP contribution < -0.4 is 0 Å². The summed E-state index contributed by atoms with van der Waals surface area (Å²) in [5.74, 6) is 1.19. The average Bonchev–Trinajstić information content (AvgIpc) is 2.70. The highest BCUT2D eigenvalue weighted by molar-refractivity contribution is 5.81. The van der Waals surface area contributed by atoms with E-state index in [0.29, 0.717) is 0 Å². The molecule has 1 aliphatic heterocycles. The highest BCUT2D eigenvalue weighted by Crippen LogP contribution is 2.58. The molecule has 104 valence electrons. The van der Waals surface area contributed by atoms with Gasteiger partial charge in [-0.05, 0) is 56.3 Å². The zero-order chi connectivity index (χ0) is 13.2. The maximum atomic E-state index is 12.0. The number of rotatable bonds is 2. The number of carboxylic acids is 1. The summed E-state index contributed by atoms with van der Waals surface area (Å²) in [5, 5.41) is 9.03. The highest BCUT2D eigenvalue weighted by Gasteiger charge is 2.57. The van der Waals surface area contributed by atoms with Crippen LogP contribution >= 0.6 is 0 Å². The second kappa shape index (κ2) is 3.64. The number of cyclic esters (lactones) is 1. The van der Waals surface area contributed by atoms with Gasteiger partial charge in [0, 0.05) is 5.54 Å². The molecule has 1 amide bonds. The molecule has 4 bridgehead atoms. The first kappa shape index (κ1) is 11.6. The fourth-order valence-corrected chi connectivity index (χ4v) is 5.37. The second-order valence-corrected chi connectivity index (χ2v) is 6.96. The second-order valence-electron chi connectivity index (χ2n) is 6.96. The van der Waals surface area contributed by atoms with E-state index in [0.717, 1.165) is 37.0 Å². The van der Waals surface area contributed by atoms with Crippen LogP contribution in [0.4, 0.5) is 4.79 Å². The normalized spacial score (nSPS) is 47.6. The molecule has 5 heteroatoms. The molecule has 0 aromatic carbocycles. The lowest BCUT2D eigenvalue weighted by Crippen LogP contribution is -2.60. The van der Waals surface area contributed by atoms with Gasteiger partial charge in [-0.2, -0.15) is 0 Å². The van der Waals surface area contributed by atoms with E-state index in [1.807, 2.05) is 0 Å². The molecule has 4 saturated carbocycles. The third kappa shape index (κ3) is 1.60. The number of aliphatic carboxylic acids is 1. The molecule has 0 aromatic heterocycles. The number of ether oxygens (including phenoxy) is 1. The Bertz CT molecular complexity index is 411. The Morgan fingerprint density at radius 1 is 1.16 bits per heavy atom. The van der Waals surface area contributed by atoms with Gasteiger partial charge in [0.15, 0.2) is 0 Å². The molecule has 0 radical (unpaired) electrons. The van der Waals surface area contributed by atoms with Crippen molar-refractivity contribution in [1.29, 1.82) is 0 Å². The van der Waals surface area contributed by atoms with Gasteiger partial charge in [-0.1, -0.05) is 0 Å². The Morgan fingerprint density at radius 3 is 2.11 bits per heavy atom. The predicted molar refractivity (Wildman–Crippen MR) is 65.5 cm³/mol. The van der Waals surface area contributed by atoms with Crippen LogP contribution in [0.2, 0.25) is 0 Å². The lowest BCUT2D eigenvalue weighted by Gasteiger charge is -2.59. The Balaban J connectivity index is 1.62. The molecule has 0 aromatic rings. The molecule has 1 unspecified atom stereocenters. The SMILES string of the molecule is O=C(O)C1CN(C23CC4CC(CC(C4)C2)C3)C(=O)O1. The fraction of sp³-hybridized carbons (Fsp3) is 0.857. The predicted octanol–water partition coefficient (Wildman–Crippen LogP) is 1.86. The number of nitrogens with zero attached hydrogens (tertiary/aromatic N) is 1. The van der Waals surface area contributed by atoms with E-state index in [1.165, 1.54) is 19.3 Å². The first-order valence-corrected chi connectivity index (χ1v) is 7.27. The first-order valence-electron chi connectivity index (χ1n) is 7.27. The Morgan fingerprint density at radius 2 is 1.68 bits per heavy atom. The van der Waals surface area contributed by atoms with E-state index < -0.39 is 18.2 Å². The van der Waals surface area contributed by atoms with Gasteiger partial charge in [-0.3, -0.25) is 4.90 Å². The van der Waals surface area contributed by atoms with Crippen LogP contribution in [0, 0.1) is 17.8 Å². The highest BCUT2D eigenvalue weighted by atomic mass is 16.6. The molecular formula is C14H19NO4. The number of carbonyl (C=O) groups is 2. The van der Waals surface area contributed by atoms with E-state index in [1.54, 1.807) is 4.90 Å². The summed E-state index contributed by atoms with van der Waals surface area (Å²) in [6.07, 6.45) is 5.72. The van der Waals surface area contributed by atoms with Crippen molar-refractivity contribution < 1.29 is 19.4 Å². The molecule has 5 nitrogen and oxygen atoms in total. The minimum Gasteiger partial charge on any atom is -0.478 e. The summed E-state index contributed by atoms with van der Waals surface area (Å²) in [7, 11) is 0. The Kier molecular flexibility index (Phi) is 2.22. The molecule has 4 aliphatic carbocycles. The lowest BCUT2D eigenvalue weighted by molar-refractivity contribution is -0.144. The third-order valence-corrected chi connectivity index (χ3v) is 5.67. The molecule has 19 heavy (non-hydrogen) atoms. The fourth-order valence-electron chi connectivity index (χ4n) is 5.37. The number of carbonyl (C=O) groups excluding carboxylic acids is 1. The molecule has 5 aliphatic rings. The molecule has 1 N–H and O–H groups in total. The molecule has 1 atom stereocenters. The topological polar surface area (TPSA) is 66.8 Å². The zero-order valence-electron chi connectivity index (χ0n) is 10.9. The van der Waals surface area contributed by atoms with Crippen molar-refractivity contribution in [3.63, 3.8) is 0 Å². The monoisotopic (exact) mass is 265 g/mol. The van der Waals surface area contributed by atoms with Crippen molar-refractivity contribution in [2.75, 3.05) is 6.54 Å². The van der Waals surface area contributed by atoms with Crippen molar-refractivity contribution in [3.05, 3.63) is 0 Å². The zero-order valence-corrected chi connectivity index (χ0v) is 10.9. The van der Waals surface area contributed by atoms with Gasteiger partial charge >= 0.3 is 12.1 Å². The Labute approximate surface area is 111 Å². The van der Waals surface area contributed by atoms with Gasteiger partial charge in [0.1, 0.15) is 0 Å². The molecule has 1 heterocycles. The quantitative estimate of drug-likeness (QED) is 0.827. The summed E-state index contributed by atoms with van der Waals surface area (Å²) in [6, 6.07) is 0. The summed E-state index contributed by atoms with van der Waals surface area (Å²) in [6.45, 7) is 0.236. The number of carboxylic acid groups (broad SMARTS) is 1. The number of amides is 1. The minimum absolute atomic E-state index is 0.0873. The smallest absolute Gasteiger partial charge is 0.411 e. The summed E-state index contributed by atoms with van der Waals surface area (Å²) < 4.78 is 5.01. The standard InChI is InChI=1S/C14H19NO4/c16-12(17)11-7-15(13(18)19-11)14-4-8-1-9(5-14)3-10(2-8)6-14/h8-11H,1-7H2,(H,16,17). The van der Waals surface area contributed by atoms with Crippen LogP contribution in [-0.4, -0.2) is 40.3 Å².